The van der Waals surface area contributed by atoms with E-state index >= 15 is 0 Å². The van der Waals surface area contributed by atoms with Gasteiger partial charge >= 0.3 is 0 Å². The number of carbonyl (C=O) groups is 1. The summed E-state index contributed by atoms with van der Waals surface area (Å²) in [6.07, 6.45) is 5.01. The first-order valence-electron chi connectivity index (χ1n) is 7.37. The van der Waals surface area contributed by atoms with Crippen molar-refractivity contribution in [3.63, 3.8) is 0 Å². The molecule has 0 atom stereocenters. The number of nitrogens with zero attached hydrogens (tertiary/aromatic N) is 3. The molecule has 120 valence electrons. The van der Waals surface area contributed by atoms with Crippen LogP contribution in [0.25, 0.3) is 0 Å². The molecule has 0 saturated heterocycles. The zero-order valence-electron chi connectivity index (χ0n) is 13.0. The van der Waals surface area contributed by atoms with Crippen molar-refractivity contribution < 1.29 is 4.79 Å². The van der Waals surface area contributed by atoms with Crippen molar-refractivity contribution in [2.24, 2.45) is 7.05 Å². The SMILES string of the molecule is Cn1cc(CCNCCC(=O)Nc2cccc(C#N)c2N)cn1. The minimum atomic E-state index is -0.138. The third-order valence-electron chi connectivity index (χ3n) is 3.38. The number of nitriles is 1. The number of rotatable bonds is 7. The third kappa shape index (κ3) is 4.83. The van der Waals surface area contributed by atoms with E-state index in [-0.39, 0.29) is 5.91 Å². The van der Waals surface area contributed by atoms with Crippen LogP contribution in [0.5, 0.6) is 0 Å². The molecular weight excluding hydrogens is 292 g/mol. The number of aryl methyl sites for hydroxylation is 1. The zero-order chi connectivity index (χ0) is 16.7. The van der Waals surface area contributed by atoms with Gasteiger partial charge in [-0.1, -0.05) is 6.07 Å². The highest BCUT2D eigenvalue weighted by molar-refractivity contribution is 5.94. The lowest BCUT2D eigenvalue weighted by Gasteiger charge is -2.09. The van der Waals surface area contributed by atoms with Crippen LogP contribution in [0, 0.1) is 11.3 Å². The molecule has 1 aromatic carbocycles. The van der Waals surface area contributed by atoms with Crippen molar-refractivity contribution in [2.75, 3.05) is 24.1 Å². The van der Waals surface area contributed by atoms with Crippen molar-refractivity contribution >= 4 is 17.3 Å². The van der Waals surface area contributed by atoms with Crippen molar-refractivity contribution in [1.82, 2.24) is 15.1 Å². The summed E-state index contributed by atoms with van der Waals surface area (Å²) >= 11 is 0. The maximum absolute atomic E-state index is 11.9. The molecule has 0 aliphatic heterocycles. The van der Waals surface area contributed by atoms with Gasteiger partial charge in [-0.15, -0.1) is 0 Å². The average Bonchev–Trinajstić information content (AvgIpc) is 2.94. The topological polar surface area (TPSA) is 109 Å². The molecular formula is C16H20N6O. The first-order chi connectivity index (χ1) is 11.1. The van der Waals surface area contributed by atoms with Gasteiger partial charge in [-0.3, -0.25) is 9.48 Å². The molecule has 2 rings (SSSR count). The number of anilines is 2. The lowest BCUT2D eigenvalue weighted by molar-refractivity contribution is -0.116. The second kappa shape index (κ2) is 7.96. The quantitative estimate of drug-likeness (QED) is 0.523. The van der Waals surface area contributed by atoms with E-state index in [1.54, 1.807) is 22.9 Å². The molecule has 7 nitrogen and oxygen atoms in total. The molecule has 1 amide bonds. The minimum absolute atomic E-state index is 0.138. The van der Waals surface area contributed by atoms with Gasteiger partial charge in [0.15, 0.2) is 0 Å². The standard InChI is InChI=1S/C16H20N6O/c1-22-11-12(10-20-22)5-7-19-8-6-15(23)21-14-4-2-3-13(9-17)16(14)18/h2-4,10-11,19H,5-8,18H2,1H3,(H,21,23). The molecule has 0 unspecified atom stereocenters. The summed E-state index contributed by atoms with van der Waals surface area (Å²) in [4.78, 5) is 11.9. The number of hydrogen-bond donors (Lipinski definition) is 3. The number of nitrogens with one attached hydrogen (secondary N) is 2. The van der Waals surface area contributed by atoms with E-state index < -0.39 is 0 Å². The van der Waals surface area contributed by atoms with Gasteiger partial charge in [-0.25, -0.2) is 0 Å². The molecule has 0 fully saturated rings. The number of aromatic nitrogens is 2. The predicted octanol–water partition coefficient (Wildman–Crippen LogP) is 1.03. The third-order valence-corrected chi connectivity index (χ3v) is 3.38. The first kappa shape index (κ1) is 16.5. The monoisotopic (exact) mass is 312 g/mol. The molecule has 7 heteroatoms. The molecule has 1 aromatic heterocycles. The Morgan fingerprint density at radius 3 is 2.96 bits per heavy atom. The highest BCUT2D eigenvalue weighted by Crippen LogP contribution is 2.21. The summed E-state index contributed by atoms with van der Waals surface area (Å²) in [6, 6.07) is 6.98. The predicted molar refractivity (Wildman–Crippen MR) is 88.6 cm³/mol. The fourth-order valence-electron chi connectivity index (χ4n) is 2.15. The highest BCUT2D eigenvalue weighted by atomic mass is 16.1. The number of nitrogens with two attached hydrogens (primary N) is 1. The molecule has 0 bridgehead atoms. The van der Waals surface area contributed by atoms with Gasteiger partial charge in [-0.05, 0) is 30.7 Å². The van der Waals surface area contributed by atoms with Gasteiger partial charge in [0, 0.05) is 26.2 Å². The number of nitrogen functional groups attached to an aromatic ring is 1. The van der Waals surface area contributed by atoms with Crippen molar-refractivity contribution in [2.45, 2.75) is 12.8 Å². The molecule has 0 saturated carbocycles. The van der Waals surface area contributed by atoms with Crippen molar-refractivity contribution in [3.05, 3.63) is 41.7 Å². The fourth-order valence-corrected chi connectivity index (χ4v) is 2.15. The largest absolute Gasteiger partial charge is 0.396 e. The lowest BCUT2D eigenvalue weighted by atomic mass is 10.1. The van der Waals surface area contributed by atoms with E-state index in [9.17, 15) is 4.79 Å². The summed E-state index contributed by atoms with van der Waals surface area (Å²) in [5, 5.41) is 19.0. The van der Waals surface area contributed by atoms with Crippen LogP contribution in [0.4, 0.5) is 11.4 Å². The van der Waals surface area contributed by atoms with Crippen molar-refractivity contribution in [3.8, 4) is 6.07 Å². The Bertz CT molecular complexity index is 716. The van der Waals surface area contributed by atoms with Gasteiger partial charge in [-0.2, -0.15) is 10.4 Å². The van der Waals surface area contributed by atoms with E-state index in [1.807, 2.05) is 25.5 Å². The smallest absolute Gasteiger partial charge is 0.225 e. The van der Waals surface area contributed by atoms with Crippen LogP contribution in [0.2, 0.25) is 0 Å². The Kier molecular flexibility index (Phi) is 5.72. The van der Waals surface area contributed by atoms with Gasteiger partial charge in [0.2, 0.25) is 5.91 Å². The Morgan fingerprint density at radius 1 is 1.43 bits per heavy atom. The van der Waals surface area contributed by atoms with Crippen LogP contribution in [-0.4, -0.2) is 28.8 Å². The summed E-state index contributed by atoms with van der Waals surface area (Å²) < 4.78 is 1.77. The van der Waals surface area contributed by atoms with E-state index in [4.69, 9.17) is 11.0 Å². The second-order valence-corrected chi connectivity index (χ2v) is 5.20. The summed E-state index contributed by atoms with van der Waals surface area (Å²) in [5.41, 5.74) is 8.12. The second-order valence-electron chi connectivity index (χ2n) is 5.20. The number of hydrogen-bond acceptors (Lipinski definition) is 5. The van der Waals surface area contributed by atoms with Crippen LogP contribution in [0.15, 0.2) is 30.6 Å². The molecule has 4 N–H and O–H groups in total. The van der Waals surface area contributed by atoms with E-state index in [2.05, 4.69) is 15.7 Å². The summed E-state index contributed by atoms with van der Waals surface area (Å²) in [7, 11) is 1.88. The van der Waals surface area contributed by atoms with E-state index in [0.29, 0.717) is 29.9 Å². The maximum Gasteiger partial charge on any atom is 0.225 e. The molecule has 0 aliphatic carbocycles. The average molecular weight is 312 g/mol. The number of amides is 1. The van der Waals surface area contributed by atoms with Gasteiger partial charge in [0.05, 0.1) is 23.1 Å². The van der Waals surface area contributed by atoms with E-state index in [0.717, 1.165) is 18.5 Å². The molecule has 23 heavy (non-hydrogen) atoms. The normalized spacial score (nSPS) is 10.3. The minimum Gasteiger partial charge on any atom is -0.396 e. The van der Waals surface area contributed by atoms with E-state index in [1.165, 1.54) is 0 Å². The Labute approximate surface area is 135 Å². The van der Waals surface area contributed by atoms with Gasteiger partial charge < -0.3 is 16.4 Å². The Hall–Kier alpha value is -2.85. The maximum atomic E-state index is 11.9. The number of benzene rings is 1. The first-order valence-corrected chi connectivity index (χ1v) is 7.37. The highest BCUT2D eigenvalue weighted by Gasteiger charge is 2.08. The van der Waals surface area contributed by atoms with Crippen molar-refractivity contribution in [1.29, 1.82) is 5.26 Å². The Morgan fingerprint density at radius 2 is 2.26 bits per heavy atom. The fraction of sp³-hybridized carbons (Fsp3) is 0.312. The molecule has 2 aromatic rings. The molecule has 0 radical (unpaired) electrons. The zero-order valence-corrected chi connectivity index (χ0v) is 13.0. The summed E-state index contributed by atoms with van der Waals surface area (Å²) in [5.74, 6) is -0.138. The van der Waals surface area contributed by atoms with Gasteiger partial charge in [0.25, 0.3) is 0 Å². The molecule has 1 heterocycles. The van der Waals surface area contributed by atoms with Crippen LogP contribution in [-0.2, 0) is 18.3 Å². The molecule has 0 spiro atoms. The Balaban J connectivity index is 1.70. The molecule has 0 aliphatic rings. The van der Waals surface area contributed by atoms with Gasteiger partial charge in [0.1, 0.15) is 6.07 Å². The van der Waals surface area contributed by atoms with Crippen LogP contribution in [0.3, 0.4) is 0 Å². The van der Waals surface area contributed by atoms with Crippen LogP contribution >= 0.6 is 0 Å². The van der Waals surface area contributed by atoms with Crippen LogP contribution < -0.4 is 16.4 Å². The number of para-hydroxylation sites is 1. The van der Waals surface area contributed by atoms with Crippen LogP contribution in [0.1, 0.15) is 17.5 Å². The number of carbonyl (C=O) groups excluding carboxylic acids is 1. The summed E-state index contributed by atoms with van der Waals surface area (Å²) in [6.45, 7) is 1.36. The lowest BCUT2D eigenvalue weighted by Crippen LogP contribution is -2.23.